The van der Waals surface area contributed by atoms with Crippen molar-refractivity contribution in [3.8, 4) is 5.88 Å². The number of ether oxygens (including phenoxy) is 2. The third-order valence-electron chi connectivity index (χ3n) is 5.49. The van der Waals surface area contributed by atoms with E-state index in [9.17, 15) is 4.79 Å². The fourth-order valence-corrected chi connectivity index (χ4v) is 3.09. The van der Waals surface area contributed by atoms with Gasteiger partial charge in [-0.25, -0.2) is 9.78 Å². The predicted molar refractivity (Wildman–Crippen MR) is 122 cm³/mol. The van der Waals surface area contributed by atoms with Crippen LogP contribution in [0, 0.1) is 0 Å². The zero-order chi connectivity index (χ0) is 23.4. The summed E-state index contributed by atoms with van der Waals surface area (Å²) >= 11 is 5.88. The Balaban J connectivity index is 1.78. The van der Waals surface area contributed by atoms with Gasteiger partial charge in [0.25, 0.3) is 0 Å². The standard InChI is InChI=1S/C22H27BClN3O5/c1-21(2)22(3,4)32-23(31-21)17(11-16-12-25-19(24)27-18(16)29-5)13-26-20(28)30-14-15-9-7-6-8-10-15/h6-12H,13-14H2,1-5H3,(H,26,28). The van der Waals surface area contributed by atoms with Gasteiger partial charge in [0.2, 0.25) is 11.2 Å². The molecule has 0 atom stereocenters. The van der Waals surface area contributed by atoms with Crippen molar-refractivity contribution < 1.29 is 23.6 Å². The van der Waals surface area contributed by atoms with E-state index in [4.69, 9.17) is 30.4 Å². The highest BCUT2D eigenvalue weighted by Gasteiger charge is 2.52. The molecule has 2 heterocycles. The van der Waals surface area contributed by atoms with E-state index in [0.717, 1.165) is 5.56 Å². The molecule has 1 aromatic heterocycles. The molecule has 1 fully saturated rings. The second-order valence-corrected chi connectivity index (χ2v) is 8.66. The van der Waals surface area contributed by atoms with Crippen LogP contribution in [0.25, 0.3) is 6.08 Å². The number of hydrogen-bond donors (Lipinski definition) is 1. The third kappa shape index (κ3) is 5.79. The summed E-state index contributed by atoms with van der Waals surface area (Å²) in [5.74, 6) is 0.297. The molecule has 1 aromatic carbocycles. The Labute approximate surface area is 193 Å². The normalized spacial score (nSPS) is 17.2. The molecule has 0 aliphatic carbocycles. The fraction of sp³-hybridized carbons (Fsp3) is 0.409. The number of amides is 1. The number of halogens is 1. The Morgan fingerprint density at radius 1 is 1.19 bits per heavy atom. The van der Waals surface area contributed by atoms with Gasteiger partial charge in [-0.3, -0.25) is 0 Å². The summed E-state index contributed by atoms with van der Waals surface area (Å²) < 4.78 is 23.0. The largest absolute Gasteiger partial charge is 0.492 e. The highest BCUT2D eigenvalue weighted by atomic mass is 35.5. The Bertz CT molecular complexity index is 969. The summed E-state index contributed by atoms with van der Waals surface area (Å²) in [5.41, 5.74) is 1.01. The van der Waals surface area contributed by atoms with Crippen molar-refractivity contribution in [2.75, 3.05) is 13.7 Å². The van der Waals surface area contributed by atoms with E-state index >= 15 is 0 Å². The first-order valence-corrected chi connectivity index (χ1v) is 10.6. The van der Waals surface area contributed by atoms with Crippen molar-refractivity contribution in [3.63, 3.8) is 0 Å². The lowest BCUT2D eigenvalue weighted by molar-refractivity contribution is 0.00578. The van der Waals surface area contributed by atoms with Crippen LogP contribution in [0.4, 0.5) is 4.79 Å². The molecular weight excluding hydrogens is 433 g/mol. The zero-order valence-corrected chi connectivity index (χ0v) is 19.6. The minimum Gasteiger partial charge on any atom is -0.480 e. The maximum Gasteiger partial charge on any atom is 0.492 e. The van der Waals surface area contributed by atoms with Gasteiger partial charge in [0.15, 0.2) is 0 Å². The molecular formula is C22H27BClN3O5. The summed E-state index contributed by atoms with van der Waals surface area (Å²) in [6.45, 7) is 8.11. The predicted octanol–water partition coefficient (Wildman–Crippen LogP) is 4.08. The van der Waals surface area contributed by atoms with Crippen molar-refractivity contribution in [2.24, 2.45) is 0 Å². The van der Waals surface area contributed by atoms with Crippen LogP contribution >= 0.6 is 11.6 Å². The van der Waals surface area contributed by atoms with Gasteiger partial charge in [-0.2, -0.15) is 4.98 Å². The number of nitrogens with zero attached hydrogens (tertiary/aromatic N) is 2. The van der Waals surface area contributed by atoms with Crippen LogP contribution in [0.1, 0.15) is 38.8 Å². The van der Waals surface area contributed by atoms with Crippen LogP contribution < -0.4 is 10.1 Å². The zero-order valence-electron chi connectivity index (χ0n) is 18.8. The summed E-state index contributed by atoms with van der Waals surface area (Å²) in [4.78, 5) is 20.4. The molecule has 0 bridgehead atoms. The highest BCUT2D eigenvalue weighted by Crippen LogP contribution is 2.39. The molecule has 1 amide bonds. The number of methoxy groups -OCH3 is 1. The van der Waals surface area contributed by atoms with Crippen LogP contribution in [-0.2, 0) is 20.7 Å². The minimum atomic E-state index is -0.699. The van der Waals surface area contributed by atoms with Gasteiger partial charge in [-0.05, 0) is 50.3 Å². The fourth-order valence-electron chi connectivity index (χ4n) is 2.96. The maximum atomic E-state index is 12.3. The van der Waals surface area contributed by atoms with Crippen molar-refractivity contribution in [1.29, 1.82) is 0 Å². The molecule has 0 saturated carbocycles. The molecule has 1 aliphatic heterocycles. The Morgan fingerprint density at radius 3 is 2.47 bits per heavy atom. The highest BCUT2D eigenvalue weighted by molar-refractivity contribution is 6.56. The molecule has 0 unspecified atom stereocenters. The number of benzene rings is 1. The topological polar surface area (TPSA) is 91.8 Å². The molecule has 10 heteroatoms. The van der Waals surface area contributed by atoms with E-state index < -0.39 is 24.4 Å². The molecule has 170 valence electrons. The Hall–Kier alpha value is -2.62. The number of carbonyl (C=O) groups is 1. The number of nitrogens with one attached hydrogen (secondary N) is 1. The van der Waals surface area contributed by atoms with Crippen LogP contribution in [0.2, 0.25) is 5.28 Å². The van der Waals surface area contributed by atoms with Crippen molar-refractivity contribution >= 4 is 30.9 Å². The molecule has 1 N–H and O–H groups in total. The lowest BCUT2D eigenvalue weighted by Gasteiger charge is -2.32. The van der Waals surface area contributed by atoms with Gasteiger partial charge >= 0.3 is 13.2 Å². The van der Waals surface area contributed by atoms with Gasteiger partial charge in [-0.15, -0.1) is 0 Å². The molecule has 1 aliphatic rings. The van der Waals surface area contributed by atoms with Gasteiger partial charge in [-0.1, -0.05) is 36.4 Å². The van der Waals surface area contributed by atoms with Gasteiger partial charge in [0.1, 0.15) is 6.61 Å². The Morgan fingerprint density at radius 2 is 1.84 bits per heavy atom. The third-order valence-corrected chi connectivity index (χ3v) is 5.67. The monoisotopic (exact) mass is 459 g/mol. The first kappa shape index (κ1) is 24.0. The molecule has 32 heavy (non-hydrogen) atoms. The maximum absolute atomic E-state index is 12.3. The first-order valence-electron chi connectivity index (χ1n) is 10.2. The molecule has 0 spiro atoms. The summed E-state index contributed by atoms with van der Waals surface area (Å²) in [6.07, 6.45) is 2.73. The molecule has 3 rings (SSSR count). The van der Waals surface area contributed by atoms with E-state index in [1.165, 1.54) is 13.3 Å². The average molecular weight is 460 g/mol. The molecule has 2 aromatic rings. The van der Waals surface area contributed by atoms with Crippen LogP contribution in [-0.4, -0.2) is 48.0 Å². The van der Waals surface area contributed by atoms with E-state index in [1.54, 1.807) is 6.08 Å². The van der Waals surface area contributed by atoms with Crippen LogP contribution in [0.5, 0.6) is 5.88 Å². The number of alkyl carbamates (subject to hydrolysis) is 1. The second-order valence-electron chi connectivity index (χ2n) is 8.33. The van der Waals surface area contributed by atoms with Crippen molar-refractivity contribution in [3.05, 3.63) is 58.4 Å². The van der Waals surface area contributed by atoms with Gasteiger partial charge in [0.05, 0.1) is 23.9 Å². The average Bonchev–Trinajstić information content (AvgIpc) is 2.97. The quantitative estimate of drug-likeness (QED) is 0.492. The number of carbonyl (C=O) groups excluding carboxylic acids is 1. The van der Waals surface area contributed by atoms with Crippen LogP contribution in [0.3, 0.4) is 0 Å². The number of rotatable bonds is 7. The van der Waals surface area contributed by atoms with Gasteiger partial charge in [0, 0.05) is 12.7 Å². The second kappa shape index (κ2) is 9.89. The van der Waals surface area contributed by atoms with E-state index in [1.807, 2.05) is 58.0 Å². The smallest absolute Gasteiger partial charge is 0.480 e. The van der Waals surface area contributed by atoms with E-state index in [0.29, 0.717) is 16.9 Å². The van der Waals surface area contributed by atoms with E-state index in [-0.39, 0.29) is 18.4 Å². The first-order chi connectivity index (χ1) is 15.1. The van der Waals surface area contributed by atoms with Crippen LogP contribution in [0.15, 0.2) is 42.0 Å². The number of aromatic nitrogens is 2. The number of hydrogen-bond acceptors (Lipinski definition) is 7. The lowest BCUT2D eigenvalue weighted by atomic mass is 9.77. The molecule has 0 radical (unpaired) electrons. The SMILES string of the molecule is COc1nc(Cl)ncc1C=C(CNC(=O)OCc1ccccc1)B1OC(C)(C)C(C)(C)O1. The van der Waals surface area contributed by atoms with E-state index in [2.05, 4.69) is 15.3 Å². The van der Waals surface area contributed by atoms with Crippen molar-refractivity contribution in [2.45, 2.75) is 45.5 Å². The summed E-state index contributed by atoms with van der Waals surface area (Å²) in [6, 6.07) is 9.44. The minimum absolute atomic E-state index is 0.0683. The summed E-state index contributed by atoms with van der Waals surface area (Å²) in [5, 5.41) is 2.82. The summed E-state index contributed by atoms with van der Waals surface area (Å²) in [7, 11) is 0.790. The van der Waals surface area contributed by atoms with Gasteiger partial charge < -0.3 is 24.1 Å². The molecule has 8 nitrogen and oxygen atoms in total. The molecule has 1 saturated heterocycles. The van der Waals surface area contributed by atoms with Crippen molar-refractivity contribution in [1.82, 2.24) is 15.3 Å². The Kier molecular flexibility index (Phi) is 7.43. The lowest BCUT2D eigenvalue weighted by Crippen LogP contribution is -2.41.